The lowest BCUT2D eigenvalue weighted by Gasteiger charge is -2.32. The third-order valence-electron chi connectivity index (χ3n) is 3.25. The van der Waals surface area contributed by atoms with Crippen LogP contribution in [0.3, 0.4) is 0 Å². The van der Waals surface area contributed by atoms with Gasteiger partial charge in [0.15, 0.2) is 0 Å². The van der Waals surface area contributed by atoms with E-state index in [2.05, 4.69) is 5.32 Å². The SMILES string of the molecule is C1CC(C2CCOCC2)CC[N]1. The number of nitrogens with zero attached hydrogens (tertiary/aromatic N) is 1. The van der Waals surface area contributed by atoms with Crippen molar-refractivity contribution in [1.82, 2.24) is 5.32 Å². The van der Waals surface area contributed by atoms with Crippen LogP contribution in [0.15, 0.2) is 0 Å². The van der Waals surface area contributed by atoms with Crippen molar-refractivity contribution in [3.63, 3.8) is 0 Å². The first-order chi connectivity index (χ1) is 5.97. The Kier molecular flexibility index (Phi) is 3.01. The summed E-state index contributed by atoms with van der Waals surface area (Å²) < 4.78 is 5.37. The van der Waals surface area contributed by atoms with Crippen molar-refractivity contribution in [2.75, 3.05) is 26.3 Å². The van der Waals surface area contributed by atoms with Crippen LogP contribution in [0.5, 0.6) is 0 Å². The van der Waals surface area contributed by atoms with Crippen LogP contribution in [0.1, 0.15) is 25.7 Å². The molecule has 0 aliphatic carbocycles. The van der Waals surface area contributed by atoms with Gasteiger partial charge >= 0.3 is 0 Å². The highest BCUT2D eigenvalue weighted by Gasteiger charge is 2.25. The normalized spacial score (nSPS) is 29.0. The molecule has 2 saturated heterocycles. The molecule has 2 aliphatic rings. The highest BCUT2D eigenvalue weighted by molar-refractivity contribution is 4.77. The van der Waals surface area contributed by atoms with Gasteiger partial charge in [-0.05, 0) is 37.5 Å². The molecule has 1 radical (unpaired) electrons. The molecule has 12 heavy (non-hydrogen) atoms. The molecule has 0 spiro atoms. The van der Waals surface area contributed by atoms with E-state index in [1.54, 1.807) is 0 Å². The summed E-state index contributed by atoms with van der Waals surface area (Å²) in [6, 6.07) is 0. The molecule has 0 aromatic heterocycles. The summed E-state index contributed by atoms with van der Waals surface area (Å²) >= 11 is 0. The summed E-state index contributed by atoms with van der Waals surface area (Å²) in [5, 5.41) is 4.39. The van der Waals surface area contributed by atoms with Crippen molar-refractivity contribution in [2.24, 2.45) is 11.8 Å². The maximum atomic E-state index is 5.37. The maximum Gasteiger partial charge on any atom is 0.0468 e. The molecule has 2 heteroatoms. The molecule has 0 aromatic carbocycles. The predicted octanol–water partition coefficient (Wildman–Crippen LogP) is 1.43. The van der Waals surface area contributed by atoms with Crippen LogP contribution in [0.2, 0.25) is 0 Å². The predicted molar refractivity (Wildman–Crippen MR) is 48.1 cm³/mol. The molecule has 2 rings (SSSR count). The number of ether oxygens (including phenoxy) is 1. The molecular weight excluding hydrogens is 150 g/mol. The second-order valence-electron chi connectivity index (χ2n) is 3.96. The van der Waals surface area contributed by atoms with Gasteiger partial charge in [-0.3, -0.25) is 0 Å². The lowest BCUT2D eigenvalue weighted by Crippen LogP contribution is -2.30. The van der Waals surface area contributed by atoms with Crippen molar-refractivity contribution in [3.05, 3.63) is 0 Å². The zero-order valence-electron chi connectivity index (χ0n) is 7.67. The summed E-state index contributed by atoms with van der Waals surface area (Å²) in [7, 11) is 0. The summed E-state index contributed by atoms with van der Waals surface area (Å²) in [6.07, 6.45) is 5.27. The molecule has 0 unspecified atom stereocenters. The van der Waals surface area contributed by atoms with Gasteiger partial charge in [-0.25, -0.2) is 5.32 Å². The zero-order valence-corrected chi connectivity index (χ0v) is 7.67. The molecule has 2 fully saturated rings. The molecule has 0 N–H and O–H groups in total. The van der Waals surface area contributed by atoms with Crippen LogP contribution in [0, 0.1) is 11.8 Å². The van der Waals surface area contributed by atoms with Crippen molar-refractivity contribution in [3.8, 4) is 0 Å². The van der Waals surface area contributed by atoms with Gasteiger partial charge in [0.1, 0.15) is 0 Å². The van der Waals surface area contributed by atoms with Gasteiger partial charge in [0.2, 0.25) is 0 Å². The van der Waals surface area contributed by atoms with Gasteiger partial charge in [0.05, 0.1) is 0 Å². The first kappa shape index (κ1) is 8.52. The third kappa shape index (κ3) is 1.99. The Hall–Kier alpha value is -0.0800. The highest BCUT2D eigenvalue weighted by Crippen LogP contribution is 2.29. The largest absolute Gasteiger partial charge is 0.381 e. The van der Waals surface area contributed by atoms with E-state index in [0.717, 1.165) is 38.1 Å². The average molecular weight is 168 g/mol. The molecule has 0 atom stereocenters. The Morgan fingerprint density at radius 2 is 1.42 bits per heavy atom. The average Bonchev–Trinajstić information content (AvgIpc) is 2.21. The first-order valence-corrected chi connectivity index (χ1v) is 5.18. The van der Waals surface area contributed by atoms with Gasteiger partial charge in [-0.15, -0.1) is 0 Å². The van der Waals surface area contributed by atoms with Crippen LogP contribution >= 0.6 is 0 Å². The molecule has 2 heterocycles. The van der Waals surface area contributed by atoms with Gasteiger partial charge in [0.25, 0.3) is 0 Å². The topological polar surface area (TPSA) is 23.3 Å². The van der Waals surface area contributed by atoms with Crippen LogP contribution < -0.4 is 5.32 Å². The fraction of sp³-hybridized carbons (Fsp3) is 1.00. The van der Waals surface area contributed by atoms with Crippen molar-refractivity contribution < 1.29 is 4.74 Å². The van der Waals surface area contributed by atoms with E-state index in [1.807, 2.05) is 0 Å². The van der Waals surface area contributed by atoms with Crippen LogP contribution in [-0.2, 0) is 4.74 Å². The Labute approximate surface area is 74.7 Å². The zero-order chi connectivity index (χ0) is 8.23. The van der Waals surface area contributed by atoms with E-state index in [-0.39, 0.29) is 0 Å². The number of hydrogen-bond acceptors (Lipinski definition) is 1. The smallest absolute Gasteiger partial charge is 0.0468 e. The minimum atomic E-state index is 0.953. The Morgan fingerprint density at radius 1 is 0.833 bits per heavy atom. The van der Waals surface area contributed by atoms with Gasteiger partial charge in [0, 0.05) is 26.3 Å². The molecule has 0 aromatic rings. The standard InChI is InChI=1S/C10H18NO/c1-5-11-6-2-9(1)10-3-7-12-8-4-10/h9-10H,1-8H2. The van der Waals surface area contributed by atoms with Gasteiger partial charge < -0.3 is 4.74 Å². The summed E-state index contributed by atoms with van der Waals surface area (Å²) in [5.41, 5.74) is 0. The lowest BCUT2D eigenvalue weighted by molar-refractivity contribution is 0.0404. The number of hydrogen-bond donors (Lipinski definition) is 0. The van der Waals surface area contributed by atoms with Crippen LogP contribution in [0.4, 0.5) is 0 Å². The Morgan fingerprint density at radius 3 is 2.08 bits per heavy atom. The second-order valence-corrected chi connectivity index (χ2v) is 3.96. The van der Waals surface area contributed by atoms with Gasteiger partial charge in [-0.2, -0.15) is 0 Å². The molecule has 0 bridgehead atoms. The summed E-state index contributed by atoms with van der Waals surface area (Å²) in [5.74, 6) is 1.92. The Bertz CT molecular complexity index is 110. The van der Waals surface area contributed by atoms with Crippen molar-refractivity contribution in [1.29, 1.82) is 0 Å². The van der Waals surface area contributed by atoms with E-state index >= 15 is 0 Å². The van der Waals surface area contributed by atoms with Crippen molar-refractivity contribution in [2.45, 2.75) is 25.7 Å². The minimum Gasteiger partial charge on any atom is -0.381 e. The molecule has 2 aliphatic heterocycles. The molecule has 69 valence electrons. The van der Waals surface area contributed by atoms with E-state index in [4.69, 9.17) is 4.74 Å². The Balaban J connectivity index is 1.80. The van der Waals surface area contributed by atoms with E-state index in [0.29, 0.717) is 0 Å². The fourth-order valence-electron chi connectivity index (χ4n) is 2.43. The maximum absolute atomic E-state index is 5.37. The highest BCUT2D eigenvalue weighted by atomic mass is 16.5. The van der Waals surface area contributed by atoms with Gasteiger partial charge in [-0.1, -0.05) is 0 Å². The van der Waals surface area contributed by atoms with Crippen LogP contribution in [-0.4, -0.2) is 26.3 Å². The summed E-state index contributed by atoms with van der Waals surface area (Å²) in [6.45, 7) is 4.22. The monoisotopic (exact) mass is 168 g/mol. The van der Waals surface area contributed by atoms with Crippen molar-refractivity contribution >= 4 is 0 Å². The number of rotatable bonds is 1. The van der Waals surface area contributed by atoms with E-state index in [1.165, 1.54) is 25.7 Å². The molecule has 2 nitrogen and oxygen atoms in total. The lowest BCUT2D eigenvalue weighted by atomic mass is 9.80. The third-order valence-corrected chi connectivity index (χ3v) is 3.25. The molecular formula is C10H18NO. The minimum absolute atomic E-state index is 0.953. The van der Waals surface area contributed by atoms with E-state index < -0.39 is 0 Å². The summed E-state index contributed by atoms with van der Waals surface area (Å²) in [4.78, 5) is 0. The van der Waals surface area contributed by atoms with E-state index in [9.17, 15) is 0 Å². The fourth-order valence-corrected chi connectivity index (χ4v) is 2.43. The second kappa shape index (κ2) is 4.24. The first-order valence-electron chi connectivity index (χ1n) is 5.18. The van der Waals surface area contributed by atoms with Crippen LogP contribution in [0.25, 0.3) is 0 Å². The quantitative estimate of drug-likeness (QED) is 0.581. The molecule has 0 saturated carbocycles. The molecule has 0 amide bonds. The number of piperidine rings is 1.